The minimum absolute atomic E-state index is 0. The van der Waals surface area contributed by atoms with Gasteiger partial charge in [0, 0.05) is 37.6 Å². The molecule has 2 aromatic rings. The van der Waals surface area contributed by atoms with Gasteiger partial charge >= 0.3 is 0 Å². The molecule has 0 spiro atoms. The molecule has 1 N–H and O–H groups in total. The van der Waals surface area contributed by atoms with Gasteiger partial charge in [0.05, 0.1) is 0 Å². The van der Waals surface area contributed by atoms with Crippen molar-refractivity contribution in [1.82, 2.24) is 10.2 Å². The predicted octanol–water partition coefficient (Wildman–Crippen LogP) is 4.72. The van der Waals surface area contributed by atoms with Crippen LogP contribution in [0.15, 0.2) is 60.7 Å². The van der Waals surface area contributed by atoms with E-state index in [1.807, 2.05) is 0 Å². The molecular weight excluding hydrogens is 351 g/mol. The zero-order chi connectivity index (χ0) is 16.8. The minimum Gasteiger partial charge on any atom is -0.311 e. The molecular formula is C21H28Cl2N2. The molecule has 4 heteroatoms. The molecule has 0 aromatic heterocycles. The van der Waals surface area contributed by atoms with Crippen molar-refractivity contribution in [3.05, 3.63) is 71.8 Å². The summed E-state index contributed by atoms with van der Waals surface area (Å²) in [5.74, 6) is 1.38. The lowest BCUT2D eigenvalue weighted by atomic mass is 10.0. The summed E-state index contributed by atoms with van der Waals surface area (Å²) in [5, 5.41) is 3.65. The van der Waals surface area contributed by atoms with Crippen molar-refractivity contribution in [2.45, 2.75) is 38.5 Å². The zero-order valence-electron chi connectivity index (χ0n) is 14.8. The van der Waals surface area contributed by atoms with Crippen molar-refractivity contribution in [3.8, 4) is 0 Å². The van der Waals surface area contributed by atoms with Gasteiger partial charge in [-0.1, -0.05) is 67.6 Å². The molecule has 3 atom stereocenters. The highest BCUT2D eigenvalue weighted by atomic mass is 35.5. The molecule has 1 fully saturated rings. The summed E-state index contributed by atoms with van der Waals surface area (Å²) in [6, 6.07) is 22.4. The van der Waals surface area contributed by atoms with Gasteiger partial charge < -0.3 is 5.32 Å². The van der Waals surface area contributed by atoms with Crippen LogP contribution in [0.5, 0.6) is 0 Å². The Balaban J connectivity index is 0.00000225. The van der Waals surface area contributed by atoms with Crippen LogP contribution in [0.3, 0.4) is 0 Å². The van der Waals surface area contributed by atoms with Crippen LogP contribution in [0.25, 0.3) is 0 Å². The van der Waals surface area contributed by atoms with E-state index in [0.717, 1.165) is 19.6 Å². The molecule has 2 nitrogen and oxygen atoms in total. The van der Waals surface area contributed by atoms with Crippen LogP contribution in [0, 0.1) is 5.92 Å². The van der Waals surface area contributed by atoms with Crippen molar-refractivity contribution >= 4 is 24.0 Å². The predicted molar refractivity (Wildman–Crippen MR) is 109 cm³/mol. The Bertz CT molecular complexity index is 606. The molecule has 1 saturated heterocycles. The highest BCUT2D eigenvalue weighted by molar-refractivity contribution is 6.18. The molecule has 0 aliphatic carbocycles. The van der Waals surface area contributed by atoms with E-state index in [4.69, 9.17) is 11.6 Å². The quantitative estimate of drug-likeness (QED) is 0.701. The highest BCUT2D eigenvalue weighted by Gasteiger charge is 2.37. The van der Waals surface area contributed by atoms with Gasteiger partial charge in [0.15, 0.2) is 0 Å². The topological polar surface area (TPSA) is 15.3 Å². The third-order valence-corrected chi connectivity index (χ3v) is 5.46. The summed E-state index contributed by atoms with van der Waals surface area (Å²) in [5.41, 5.74) is 2.71. The van der Waals surface area contributed by atoms with Crippen LogP contribution in [0.1, 0.15) is 24.5 Å². The van der Waals surface area contributed by atoms with Crippen molar-refractivity contribution in [2.75, 3.05) is 12.4 Å². The molecule has 0 radical (unpaired) electrons. The van der Waals surface area contributed by atoms with Crippen molar-refractivity contribution in [2.24, 2.45) is 5.92 Å². The monoisotopic (exact) mass is 378 g/mol. The second kappa shape index (κ2) is 10.2. The van der Waals surface area contributed by atoms with E-state index >= 15 is 0 Å². The third-order valence-electron chi connectivity index (χ3n) is 5.11. The molecule has 3 unspecified atom stereocenters. The third kappa shape index (κ3) is 5.46. The Morgan fingerprint density at radius 3 is 2.20 bits per heavy atom. The number of hydrogen-bond donors (Lipinski definition) is 1. The van der Waals surface area contributed by atoms with Crippen LogP contribution < -0.4 is 5.32 Å². The number of alkyl halides is 1. The minimum atomic E-state index is 0. The molecule has 136 valence electrons. The summed E-state index contributed by atoms with van der Waals surface area (Å²) in [7, 11) is 0. The van der Waals surface area contributed by atoms with Gasteiger partial charge in [-0.3, -0.25) is 4.90 Å². The van der Waals surface area contributed by atoms with E-state index in [0.29, 0.717) is 23.9 Å². The zero-order valence-corrected chi connectivity index (χ0v) is 16.3. The van der Waals surface area contributed by atoms with Gasteiger partial charge in [0.2, 0.25) is 0 Å². The second-order valence-corrected chi connectivity index (χ2v) is 7.17. The summed E-state index contributed by atoms with van der Waals surface area (Å²) in [6.07, 6.45) is 1.19. The number of benzene rings is 2. The maximum atomic E-state index is 6.27. The molecule has 2 aromatic carbocycles. The van der Waals surface area contributed by atoms with Gasteiger partial charge in [-0.25, -0.2) is 0 Å². The molecule has 1 heterocycles. The summed E-state index contributed by atoms with van der Waals surface area (Å²) < 4.78 is 0. The van der Waals surface area contributed by atoms with E-state index < -0.39 is 0 Å². The van der Waals surface area contributed by atoms with E-state index in [9.17, 15) is 0 Å². The van der Waals surface area contributed by atoms with Crippen molar-refractivity contribution in [3.63, 3.8) is 0 Å². The Morgan fingerprint density at radius 2 is 1.60 bits per heavy atom. The molecule has 0 bridgehead atoms. The average Bonchev–Trinajstić information content (AvgIpc) is 2.92. The van der Waals surface area contributed by atoms with Gasteiger partial charge in [0.1, 0.15) is 0 Å². The number of hydrogen-bond acceptors (Lipinski definition) is 2. The SMILES string of the molecule is CC1CC(CCl)N(Cc2ccccc2)C1CNCc1ccccc1.Cl. The van der Waals surface area contributed by atoms with E-state index in [-0.39, 0.29) is 12.4 Å². The molecule has 1 aliphatic rings. The van der Waals surface area contributed by atoms with Crippen LogP contribution in [-0.4, -0.2) is 29.4 Å². The van der Waals surface area contributed by atoms with Gasteiger partial charge in [-0.2, -0.15) is 0 Å². The number of halogens is 2. The number of nitrogens with zero attached hydrogens (tertiary/aromatic N) is 1. The Labute approximate surface area is 163 Å². The van der Waals surface area contributed by atoms with Crippen LogP contribution in [0.4, 0.5) is 0 Å². The second-order valence-electron chi connectivity index (χ2n) is 6.86. The maximum absolute atomic E-state index is 6.27. The van der Waals surface area contributed by atoms with Gasteiger partial charge in [0.25, 0.3) is 0 Å². The Morgan fingerprint density at radius 1 is 1.00 bits per heavy atom. The smallest absolute Gasteiger partial charge is 0.0380 e. The molecule has 25 heavy (non-hydrogen) atoms. The van der Waals surface area contributed by atoms with Gasteiger partial charge in [-0.05, 0) is 23.5 Å². The first-order chi connectivity index (χ1) is 11.8. The first kappa shape index (κ1) is 20.3. The fourth-order valence-corrected chi connectivity index (χ4v) is 4.09. The van der Waals surface area contributed by atoms with Crippen LogP contribution >= 0.6 is 24.0 Å². The van der Waals surface area contributed by atoms with Crippen LogP contribution in [-0.2, 0) is 13.1 Å². The lowest BCUT2D eigenvalue weighted by Crippen LogP contribution is -2.43. The number of likely N-dealkylation sites (tertiary alicyclic amines) is 1. The lowest BCUT2D eigenvalue weighted by molar-refractivity contribution is 0.179. The first-order valence-electron chi connectivity index (χ1n) is 8.88. The fraction of sp³-hybridized carbons (Fsp3) is 0.429. The number of rotatable bonds is 7. The van der Waals surface area contributed by atoms with E-state index in [1.165, 1.54) is 17.5 Å². The fourth-order valence-electron chi connectivity index (χ4n) is 3.79. The first-order valence-corrected chi connectivity index (χ1v) is 9.41. The van der Waals surface area contributed by atoms with Gasteiger partial charge in [-0.15, -0.1) is 24.0 Å². The van der Waals surface area contributed by atoms with Crippen LogP contribution in [0.2, 0.25) is 0 Å². The van der Waals surface area contributed by atoms with Crippen molar-refractivity contribution in [1.29, 1.82) is 0 Å². The standard InChI is InChI=1S/C21H27ClN2.ClH/c1-17-12-20(13-22)24(16-19-10-6-3-7-11-19)21(17)15-23-14-18-8-4-2-5-9-18;/h2-11,17,20-21,23H,12-16H2,1H3;1H. The molecule has 1 aliphatic heterocycles. The maximum Gasteiger partial charge on any atom is 0.0380 e. The lowest BCUT2D eigenvalue weighted by Gasteiger charge is -2.31. The Hall–Kier alpha value is -1.06. The number of nitrogens with one attached hydrogen (secondary N) is 1. The average molecular weight is 379 g/mol. The molecule has 0 saturated carbocycles. The summed E-state index contributed by atoms with van der Waals surface area (Å²) >= 11 is 6.27. The molecule has 0 amide bonds. The largest absolute Gasteiger partial charge is 0.311 e. The summed E-state index contributed by atoms with van der Waals surface area (Å²) in [4.78, 5) is 2.60. The Kier molecular flexibility index (Phi) is 8.25. The summed E-state index contributed by atoms with van der Waals surface area (Å²) in [6.45, 7) is 5.28. The highest BCUT2D eigenvalue weighted by Crippen LogP contribution is 2.31. The van der Waals surface area contributed by atoms with E-state index in [1.54, 1.807) is 0 Å². The van der Waals surface area contributed by atoms with E-state index in [2.05, 4.69) is 77.8 Å². The normalized spacial score (nSPS) is 23.4. The van der Waals surface area contributed by atoms with Crippen molar-refractivity contribution < 1.29 is 0 Å². The molecule has 3 rings (SSSR count).